The van der Waals surface area contributed by atoms with E-state index >= 15 is 0 Å². The summed E-state index contributed by atoms with van der Waals surface area (Å²) in [6.07, 6.45) is 5.79. The van der Waals surface area contributed by atoms with Crippen molar-refractivity contribution < 1.29 is 9.53 Å². The second kappa shape index (κ2) is 3.70. The lowest BCUT2D eigenvalue weighted by atomic mass is 10.3. The SMILES string of the molecule is O=C(OC1C=CCC1)c1cscn1. The Morgan fingerprint density at radius 2 is 2.62 bits per heavy atom. The fraction of sp³-hybridized carbons (Fsp3) is 0.333. The molecule has 1 unspecified atom stereocenters. The normalized spacial score (nSPS) is 20.5. The number of ether oxygens (including phenoxy) is 1. The van der Waals surface area contributed by atoms with Crippen molar-refractivity contribution in [3.8, 4) is 0 Å². The predicted octanol–water partition coefficient (Wildman–Crippen LogP) is 2.02. The number of rotatable bonds is 2. The number of esters is 1. The van der Waals surface area contributed by atoms with Gasteiger partial charge in [0, 0.05) is 5.38 Å². The van der Waals surface area contributed by atoms with E-state index in [2.05, 4.69) is 4.98 Å². The lowest BCUT2D eigenvalue weighted by Crippen LogP contribution is -2.14. The van der Waals surface area contributed by atoms with Crippen LogP contribution < -0.4 is 0 Å². The van der Waals surface area contributed by atoms with E-state index in [0.717, 1.165) is 12.8 Å². The molecule has 1 aliphatic carbocycles. The van der Waals surface area contributed by atoms with Crippen LogP contribution in [-0.4, -0.2) is 17.1 Å². The Morgan fingerprint density at radius 1 is 1.69 bits per heavy atom. The maximum atomic E-state index is 11.3. The first kappa shape index (κ1) is 8.44. The smallest absolute Gasteiger partial charge is 0.358 e. The van der Waals surface area contributed by atoms with Gasteiger partial charge in [-0.25, -0.2) is 9.78 Å². The molecule has 0 aromatic carbocycles. The van der Waals surface area contributed by atoms with Gasteiger partial charge in [-0.2, -0.15) is 0 Å². The average Bonchev–Trinajstić information content (AvgIpc) is 2.74. The highest BCUT2D eigenvalue weighted by molar-refractivity contribution is 7.07. The summed E-state index contributed by atoms with van der Waals surface area (Å²) >= 11 is 1.40. The van der Waals surface area contributed by atoms with Crippen LogP contribution >= 0.6 is 11.3 Å². The summed E-state index contributed by atoms with van der Waals surface area (Å²) in [6, 6.07) is 0. The number of carbonyl (C=O) groups is 1. The van der Waals surface area contributed by atoms with E-state index < -0.39 is 0 Å². The molecular weight excluding hydrogens is 186 g/mol. The van der Waals surface area contributed by atoms with E-state index in [0.29, 0.717) is 5.69 Å². The summed E-state index contributed by atoms with van der Waals surface area (Å²) in [7, 11) is 0. The van der Waals surface area contributed by atoms with Crippen LogP contribution in [0.3, 0.4) is 0 Å². The molecular formula is C9H9NO2S. The summed E-state index contributed by atoms with van der Waals surface area (Å²) in [6.45, 7) is 0. The molecule has 0 amide bonds. The van der Waals surface area contributed by atoms with Crippen LogP contribution in [0.5, 0.6) is 0 Å². The molecule has 0 saturated carbocycles. The minimum Gasteiger partial charge on any atom is -0.453 e. The Labute approximate surface area is 80.1 Å². The first-order valence-electron chi connectivity index (χ1n) is 4.12. The quantitative estimate of drug-likeness (QED) is 0.535. The average molecular weight is 195 g/mol. The van der Waals surface area contributed by atoms with Crippen molar-refractivity contribution in [3.63, 3.8) is 0 Å². The molecule has 1 atom stereocenters. The standard InChI is InChI=1S/C9H9NO2S/c11-9(8-5-13-6-10-8)12-7-3-1-2-4-7/h1,3,5-7H,2,4H2. The monoisotopic (exact) mass is 195 g/mol. The lowest BCUT2D eigenvalue weighted by Gasteiger charge is -2.07. The fourth-order valence-corrected chi connectivity index (χ4v) is 1.74. The van der Waals surface area contributed by atoms with Crippen LogP contribution in [0.25, 0.3) is 0 Å². The largest absolute Gasteiger partial charge is 0.453 e. The summed E-state index contributed by atoms with van der Waals surface area (Å²) in [5, 5.41) is 1.70. The maximum Gasteiger partial charge on any atom is 0.358 e. The Morgan fingerprint density at radius 3 is 3.23 bits per heavy atom. The fourth-order valence-electron chi connectivity index (χ4n) is 1.21. The Bertz CT molecular complexity index is 318. The van der Waals surface area contributed by atoms with E-state index in [-0.39, 0.29) is 12.1 Å². The highest BCUT2D eigenvalue weighted by Crippen LogP contribution is 2.15. The van der Waals surface area contributed by atoms with E-state index in [1.54, 1.807) is 10.9 Å². The van der Waals surface area contributed by atoms with Gasteiger partial charge in [0.15, 0.2) is 5.69 Å². The third-order valence-corrected chi connectivity index (χ3v) is 2.45. The van der Waals surface area contributed by atoms with Crippen molar-refractivity contribution in [3.05, 3.63) is 28.7 Å². The molecule has 0 spiro atoms. The molecule has 0 fully saturated rings. The minimum absolute atomic E-state index is 0.0470. The summed E-state index contributed by atoms with van der Waals surface area (Å²) in [5.41, 5.74) is 2.03. The summed E-state index contributed by atoms with van der Waals surface area (Å²) < 4.78 is 5.17. The van der Waals surface area contributed by atoms with Crippen molar-refractivity contribution in [1.82, 2.24) is 4.98 Å². The van der Waals surface area contributed by atoms with Crippen LogP contribution in [0.2, 0.25) is 0 Å². The van der Waals surface area contributed by atoms with Crippen LogP contribution in [0, 0.1) is 0 Å². The molecule has 0 aliphatic heterocycles. The number of hydrogen-bond donors (Lipinski definition) is 0. The molecule has 0 N–H and O–H groups in total. The zero-order valence-electron chi connectivity index (χ0n) is 6.97. The Hall–Kier alpha value is -1.16. The van der Waals surface area contributed by atoms with Crippen LogP contribution in [0.4, 0.5) is 0 Å². The third-order valence-electron chi connectivity index (χ3n) is 1.87. The van der Waals surface area contributed by atoms with Gasteiger partial charge in [-0.15, -0.1) is 11.3 Å². The minimum atomic E-state index is -0.321. The Balaban J connectivity index is 1.95. The van der Waals surface area contributed by atoms with Gasteiger partial charge in [-0.3, -0.25) is 0 Å². The second-order valence-corrected chi connectivity index (χ2v) is 3.54. The van der Waals surface area contributed by atoms with Gasteiger partial charge in [0.2, 0.25) is 0 Å². The molecule has 2 rings (SSSR count). The zero-order chi connectivity index (χ0) is 9.10. The molecule has 3 nitrogen and oxygen atoms in total. The van der Waals surface area contributed by atoms with Crippen molar-refractivity contribution in [2.75, 3.05) is 0 Å². The second-order valence-electron chi connectivity index (χ2n) is 2.82. The topological polar surface area (TPSA) is 39.2 Å². The van der Waals surface area contributed by atoms with Gasteiger partial charge in [0.1, 0.15) is 6.10 Å². The van der Waals surface area contributed by atoms with Crippen LogP contribution in [0.15, 0.2) is 23.0 Å². The molecule has 0 radical (unpaired) electrons. The summed E-state index contributed by atoms with van der Waals surface area (Å²) in [4.78, 5) is 15.2. The van der Waals surface area contributed by atoms with Crippen molar-refractivity contribution in [2.24, 2.45) is 0 Å². The van der Waals surface area contributed by atoms with Gasteiger partial charge < -0.3 is 4.74 Å². The van der Waals surface area contributed by atoms with E-state index in [1.165, 1.54) is 11.3 Å². The first-order valence-corrected chi connectivity index (χ1v) is 5.06. The number of carbonyl (C=O) groups excluding carboxylic acids is 1. The number of aromatic nitrogens is 1. The van der Waals surface area contributed by atoms with Gasteiger partial charge in [0.05, 0.1) is 5.51 Å². The highest BCUT2D eigenvalue weighted by Gasteiger charge is 2.16. The van der Waals surface area contributed by atoms with Crippen molar-refractivity contribution in [2.45, 2.75) is 18.9 Å². The molecule has 1 aromatic rings. The number of allylic oxidation sites excluding steroid dienone is 1. The van der Waals surface area contributed by atoms with Crippen LogP contribution in [0.1, 0.15) is 23.3 Å². The number of thiazole rings is 1. The molecule has 4 heteroatoms. The van der Waals surface area contributed by atoms with Gasteiger partial charge in [-0.1, -0.05) is 6.08 Å². The molecule has 68 valence electrons. The molecule has 0 saturated heterocycles. The molecule has 1 aromatic heterocycles. The van der Waals surface area contributed by atoms with Crippen LogP contribution in [-0.2, 0) is 4.74 Å². The van der Waals surface area contributed by atoms with Gasteiger partial charge >= 0.3 is 5.97 Å². The maximum absolute atomic E-state index is 11.3. The van der Waals surface area contributed by atoms with E-state index in [9.17, 15) is 4.79 Å². The molecule has 1 heterocycles. The molecule has 0 bridgehead atoms. The number of hydrogen-bond acceptors (Lipinski definition) is 4. The number of nitrogens with zero attached hydrogens (tertiary/aromatic N) is 1. The van der Waals surface area contributed by atoms with Crippen molar-refractivity contribution >= 4 is 17.3 Å². The highest BCUT2D eigenvalue weighted by atomic mass is 32.1. The molecule has 1 aliphatic rings. The lowest BCUT2D eigenvalue weighted by molar-refractivity contribution is 0.0389. The van der Waals surface area contributed by atoms with Gasteiger partial charge in [0.25, 0.3) is 0 Å². The third kappa shape index (κ3) is 1.95. The molecule has 13 heavy (non-hydrogen) atoms. The van der Waals surface area contributed by atoms with E-state index in [1.807, 2.05) is 12.2 Å². The Kier molecular flexibility index (Phi) is 2.40. The first-order chi connectivity index (χ1) is 6.36. The van der Waals surface area contributed by atoms with Crippen molar-refractivity contribution in [1.29, 1.82) is 0 Å². The predicted molar refractivity (Wildman–Crippen MR) is 49.7 cm³/mol. The van der Waals surface area contributed by atoms with E-state index in [4.69, 9.17) is 4.74 Å². The zero-order valence-corrected chi connectivity index (χ0v) is 7.79. The van der Waals surface area contributed by atoms with Gasteiger partial charge in [-0.05, 0) is 18.9 Å². The summed E-state index contributed by atoms with van der Waals surface area (Å²) in [5.74, 6) is -0.321.